The highest BCUT2D eigenvalue weighted by molar-refractivity contribution is 14.0. The largest absolute Gasteiger partial charge is 0.357 e. The molecule has 1 atom stereocenters. The van der Waals surface area contributed by atoms with Gasteiger partial charge >= 0.3 is 0 Å². The van der Waals surface area contributed by atoms with Crippen LogP contribution < -0.4 is 16.0 Å². The average Bonchev–Trinajstić information content (AvgIpc) is 2.64. The summed E-state index contributed by atoms with van der Waals surface area (Å²) in [7, 11) is 0. The molecule has 3 rings (SSSR count). The fraction of sp³-hybridized carbons (Fsp3) is 0.391. The van der Waals surface area contributed by atoms with Gasteiger partial charge in [0.25, 0.3) is 0 Å². The number of amides is 1. The van der Waals surface area contributed by atoms with E-state index in [1.54, 1.807) is 0 Å². The summed E-state index contributed by atoms with van der Waals surface area (Å²) in [5, 5.41) is 9.70. The number of nitrogens with zero attached hydrogens (tertiary/aromatic N) is 1. The molecule has 1 unspecified atom stereocenters. The number of anilines is 1. The third-order valence-corrected chi connectivity index (χ3v) is 5.20. The number of rotatable bonds is 5. The van der Waals surface area contributed by atoms with E-state index in [1.165, 1.54) is 27.8 Å². The lowest BCUT2D eigenvalue weighted by Gasteiger charge is -2.26. The summed E-state index contributed by atoms with van der Waals surface area (Å²) < 4.78 is 0. The van der Waals surface area contributed by atoms with Gasteiger partial charge in [0, 0.05) is 31.1 Å². The van der Waals surface area contributed by atoms with Crippen LogP contribution in [0.4, 0.5) is 5.69 Å². The van der Waals surface area contributed by atoms with Crippen LogP contribution in [0.25, 0.3) is 0 Å². The van der Waals surface area contributed by atoms with Crippen molar-refractivity contribution in [3.8, 4) is 0 Å². The highest BCUT2D eigenvalue weighted by Crippen LogP contribution is 2.31. The number of para-hydroxylation sites is 1. The highest BCUT2D eigenvalue weighted by Gasteiger charge is 2.24. The second-order valence-corrected chi connectivity index (χ2v) is 7.49. The van der Waals surface area contributed by atoms with E-state index in [-0.39, 0.29) is 35.8 Å². The van der Waals surface area contributed by atoms with Gasteiger partial charge in [-0.2, -0.15) is 0 Å². The normalized spacial score (nSPS) is 15.8. The number of hydrogen-bond acceptors (Lipinski definition) is 2. The van der Waals surface area contributed by atoms with Crippen molar-refractivity contribution >= 4 is 41.5 Å². The molecule has 3 N–H and O–H groups in total. The Labute approximate surface area is 190 Å². The van der Waals surface area contributed by atoms with Crippen LogP contribution in [0.5, 0.6) is 0 Å². The predicted octanol–water partition coefficient (Wildman–Crippen LogP) is 4.41. The standard InChI is InChI=1S/C23H30N4O.HI/c1-5-24-23(26-14-20-16(3)10-15(2)11-17(20)4)25-13-18-12-22(28)27-21-9-7-6-8-19(18)21;/h6-11,18H,5,12-14H2,1-4H3,(H,27,28)(H2,24,25,26);1H. The molecule has 1 aliphatic rings. The Hall–Kier alpha value is -2.09. The van der Waals surface area contributed by atoms with Crippen molar-refractivity contribution in [3.05, 3.63) is 64.2 Å². The molecule has 1 amide bonds. The van der Waals surface area contributed by atoms with Crippen LogP contribution in [-0.4, -0.2) is 25.0 Å². The molecule has 5 nitrogen and oxygen atoms in total. The van der Waals surface area contributed by atoms with Gasteiger partial charge in [0.15, 0.2) is 5.96 Å². The van der Waals surface area contributed by atoms with Crippen molar-refractivity contribution in [3.63, 3.8) is 0 Å². The number of carbonyl (C=O) groups excluding carboxylic acids is 1. The molecular formula is C23H31IN4O. The minimum absolute atomic E-state index is 0. The first-order chi connectivity index (χ1) is 13.5. The number of halogens is 1. The number of guanidine groups is 1. The number of benzene rings is 2. The summed E-state index contributed by atoms with van der Waals surface area (Å²) in [6.45, 7) is 10.6. The summed E-state index contributed by atoms with van der Waals surface area (Å²) in [5.74, 6) is 0.986. The van der Waals surface area contributed by atoms with Gasteiger partial charge in [-0.3, -0.25) is 4.79 Å². The number of hydrogen-bond donors (Lipinski definition) is 3. The van der Waals surface area contributed by atoms with Crippen LogP contribution in [0.1, 0.15) is 47.1 Å². The second kappa shape index (κ2) is 10.6. The van der Waals surface area contributed by atoms with Crippen molar-refractivity contribution in [1.82, 2.24) is 10.6 Å². The quantitative estimate of drug-likeness (QED) is 0.320. The maximum Gasteiger partial charge on any atom is 0.225 e. The van der Waals surface area contributed by atoms with Crippen LogP contribution in [0.15, 0.2) is 41.4 Å². The molecule has 0 saturated heterocycles. The number of nitrogens with one attached hydrogen (secondary N) is 3. The van der Waals surface area contributed by atoms with Crippen LogP contribution in [0, 0.1) is 20.8 Å². The lowest BCUT2D eigenvalue weighted by Crippen LogP contribution is -2.40. The fourth-order valence-corrected chi connectivity index (χ4v) is 3.86. The Kier molecular flexibility index (Phi) is 8.49. The van der Waals surface area contributed by atoms with Gasteiger partial charge in [-0.25, -0.2) is 4.99 Å². The summed E-state index contributed by atoms with van der Waals surface area (Å²) in [6.07, 6.45) is 0.486. The summed E-state index contributed by atoms with van der Waals surface area (Å²) in [4.78, 5) is 16.8. The molecular weight excluding hydrogens is 475 g/mol. The second-order valence-electron chi connectivity index (χ2n) is 7.49. The molecule has 0 fully saturated rings. The number of aryl methyl sites for hydroxylation is 3. The van der Waals surface area contributed by atoms with Gasteiger partial charge in [-0.15, -0.1) is 24.0 Å². The molecule has 29 heavy (non-hydrogen) atoms. The highest BCUT2D eigenvalue weighted by atomic mass is 127. The molecule has 2 aromatic carbocycles. The lowest BCUT2D eigenvalue weighted by atomic mass is 9.90. The molecule has 0 saturated carbocycles. The van der Waals surface area contributed by atoms with Crippen LogP contribution >= 0.6 is 24.0 Å². The van der Waals surface area contributed by atoms with Crippen molar-refractivity contribution in [2.24, 2.45) is 4.99 Å². The van der Waals surface area contributed by atoms with Crippen molar-refractivity contribution < 1.29 is 4.79 Å². The molecule has 0 aromatic heterocycles. The van der Waals surface area contributed by atoms with Gasteiger partial charge in [0.1, 0.15) is 0 Å². The Morgan fingerprint density at radius 2 is 1.83 bits per heavy atom. The maximum absolute atomic E-state index is 12.0. The molecule has 6 heteroatoms. The first-order valence-electron chi connectivity index (χ1n) is 9.95. The number of fused-ring (bicyclic) bond motifs is 1. The first-order valence-corrected chi connectivity index (χ1v) is 9.95. The average molecular weight is 506 g/mol. The number of aliphatic imine (C=N–C) groups is 1. The van der Waals surface area contributed by atoms with Gasteiger partial charge in [-0.05, 0) is 56.0 Å². The van der Waals surface area contributed by atoms with E-state index in [1.807, 2.05) is 18.2 Å². The summed E-state index contributed by atoms with van der Waals surface area (Å²) in [6, 6.07) is 12.4. The summed E-state index contributed by atoms with van der Waals surface area (Å²) >= 11 is 0. The molecule has 0 radical (unpaired) electrons. The molecule has 2 aromatic rings. The molecule has 0 spiro atoms. The summed E-state index contributed by atoms with van der Waals surface area (Å²) in [5.41, 5.74) is 7.19. The van der Waals surface area contributed by atoms with E-state index in [0.29, 0.717) is 19.5 Å². The third-order valence-electron chi connectivity index (χ3n) is 5.20. The predicted molar refractivity (Wildman–Crippen MR) is 131 cm³/mol. The van der Waals surface area contributed by atoms with E-state index in [2.05, 4.69) is 61.8 Å². The Bertz CT molecular complexity index is 871. The van der Waals surface area contributed by atoms with Gasteiger partial charge < -0.3 is 16.0 Å². The van der Waals surface area contributed by atoms with E-state index in [0.717, 1.165) is 18.2 Å². The van der Waals surface area contributed by atoms with Gasteiger partial charge in [0.2, 0.25) is 5.91 Å². The molecule has 0 aliphatic carbocycles. The monoisotopic (exact) mass is 506 g/mol. The van der Waals surface area contributed by atoms with Crippen molar-refractivity contribution in [2.75, 3.05) is 18.4 Å². The van der Waals surface area contributed by atoms with Gasteiger partial charge in [-0.1, -0.05) is 35.9 Å². The van der Waals surface area contributed by atoms with Crippen molar-refractivity contribution in [1.29, 1.82) is 0 Å². The first kappa shape index (κ1) is 23.2. The molecule has 1 heterocycles. The van der Waals surface area contributed by atoms with Gasteiger partial charge in [0.05, 0.1) is 6.54 Å². The number of carbonyl (C=O) groups is 1. The smallest absolute Gasteiger partial charge is 0.225 e. The zero-order chi connectivity index (χ0) is 20.1. The minimum atomic E-state index is 0. The van der Waals surface area contributed by atoms with E-state index in [4.69, 9.17) is 4.99 Å². The van der Waals surface area contributed by atoms with E-state index in [9.17, 15) is 4.79 Å². The Morgan fingerprint density at radius 1 is 1.14 bits per heavy atom. The van der Waals surface area contributed by atoms with Crippen LogP contribution in [0.3, 0.4) is 0 Å². The zero-order valence-corrected chi connectivity index (χ0v) is 20.0. The van der Waals surface area contributed by atoms with E-state index < -0.39 is 0 Å². The molecule has 1 aliphatic heterocycles. The van der Waals surface area contributed by atoms with Crippen LogP contribution in [0.2, 0.25) is 0 Å². The van der Waals surface area contributed by atoms with Crippen LogP contribution in [-0.2, 0) is 11.3 Å². The zero-order valence-electron chi connectivity index (χ0n) is 17.6. The Morgan fingerprint density at radius 3 is 2.52 bits per heavy atom. The topological polar surface area (TPSA) is 65.5 Å². The minimum Gasteiger partial charge on any atom is -0.357 e. The lowest BCUT2D eigenvalue weighted by molar-refractivity contribution is -0.116. The third kappa shape index (κ3) is 5.95. The Balaban J connectivity index is 0.00000300. The van der Waals surface area contributed by atoms with Crippen molar-refractivity contribution in [2.45, 2.75) is 46.6 Å². The fourth-order valence-electron chi connectivity index (χ4n) is 3.86. The SMILES string of the molecule is CCNC(=NCc1c(C)cc(C)cc1C)NCC1CC(=O)Nc2ccccc21.I. The molecule has 0 bridgehead atoms. The van der Waals surface area contributed by atoms with E-state index >= 15 is 0 Å². The molecule has 156 valence electrons. The maximum atomic E-state index is 12.0.